The number of phenols is 1. The van der Waals surface area contributed by atoms with Gasteiger partial charge in [-0.25, -0.2) is 0 Å². The molecule has 0 heterocycles. The van der Waals surface area contributed by atoms with Crippen molar-refractivity contribution in [2.24, 2.45) is 0 Å². The molecule has 0 aliphatic rings. The van der Waals surface area contributed by atoms with Crippen LogP contribution in [-0.4, -0.2) is 23.0 Å². The van der Waals surface area contributed by atoms with Crippen molar-refractivity contribution in [3.05, 3.63) is 71.4 Å². The highest BCUT2D eigenvalue weighted by Gasteiger charge is 2.16. The van der Waals surface area contributed by atoms with Gasteiger partial charge in [0.25, 0.3) is 11.8 Å². The summed E-state index contributed by atoms with van der Waals surface area (Å²) in [4.78, 5) is 24.9. The second kappa shape index (κ2) is 8.68. The second-order valence-corrected chi connectivity index (χ2v) is 5.72. The molecule has 130 valence electrons. The first-order chi connectivity index (χ1) is 12.0. The fourth-order valence-electron chi connectivity index (χ4n) is 2.11. The van der Waals surface area contributed by atoms with E-state index in [1.165, 1.54) is 12.1 Å². The second-order valence-electron chi connectivity index (χ2n) is 5.72. The minimum Gasteiger partial charge on any atom is -0.507 e. The summed E-state index contributed by atoms with van der Waals surface area (Å²) in [6.45, 7) is 3.84. The number of rotatable bonds is 6. The van der Waals surface area contributed by atoms with Crippen LogP contribution in [0, 0.1) is 0 Å². The van der Waals surface area contributed by atoms with Gasteiger partial charge < -0.3 is 15.7 Å². The van der Waals surface area contributed by atoms with Gasteiger partial charge in [-0.2, -0.15) is 0 Å². The van der Waals surface area contributed by atoms with E-state index in [0.717, 1.165) is 6.42 Å². The number of carbonyl (C=O) groups excluding carboxylic acids is 2. The maximum Gasteiger partial charge on any atom is 0.268 e. The Bertz CT molecular complexity index is 770. The largest absolute Gasteiger partial charge is 0.507 e. The summed E-state index contributed by atoms with van der Waals surface area (Å²) in [6.07, 6.45) is 2.23. The third-order valence-corrected chi connectivity index (χ3v) is 3.76. The maximum atomic E-state index is 12.5. The van der Waals surface area contributed by atoms with Crippen LogP contribution in [0.3, 0.4) is 0 Å². The number of phenolic OH excluding ortho intramolecular Hbond substituents is 1. The van der Waals surface area contributed by atoms with Gasteiger partial charge in [-0.05, 0) is 37.6 Å². The molecule has 2 rings (SSSR count). The van der Waals surface area contributed by atoms with E-state index in [0.29, 0.717) is 11.1 Å². The van der Waals surface area contributed by atoms with Gasteiger partial charge in [-0.15, -0.1) is 0 Å². The van der Waals surface area contributed by atoms with Crippen LogP contribution in [0.25, 0.3) is 6.08 Å². The van der Waals surface area contributed by atoms with Crippen LogP contribution < -0.4 is 10.6 Å². The minimum atomic E-state index is -0.401. The average molecular weight is 338 g/mol. The molecule has 0 bridgehead atoms. The molecule has 0 saturated heterocycles. The number of amides is 2. The first-order valence-electron chi connectivity index (χ1n) is 8.18. The summed E-state index contributed by atoms with van der Waals surface area (Å²) in [5.74, 6) is -0.756. The highest BCUT2D eigenvalue weighted by molar-refractivity contribution is 6.05. The lowest BCUT2D eigenvalue weighted by molar-refractivity contribution is -0.118. The topological polar surface area (TPSA) is 78.4 Å². The van der Waals surface area contributed by atoms with E-state index in [4.69, 9.17) is 0 Å². The molecule has 5 heteroatoms. The summed E-state index contributed by atoms with van der Waals surface area (Å²) >= 11 is 0. The molecule has 0 spiro atoms. The van der Waals surface area contributed by atoms with Crippen LogP contribution >= 0.6 is 0 Å². The molecular weight excluding hydrogens is 316 g/mol. The molecule has 2 amide bonds. The Hall–Kier alpha value is -3.08. The van der Waals surface area contributed by atoms with Crippen LogP contribution in [0.15, 0.2) is 60.3 Å². The summed E-state index contributed by atoms with van der Waals surface area (Å²) in [6, 6.07) is 15.2. The Morgan fingerprint density at radius 3 is 2.36 bits per heavy atom. The SMILES string of the molecule is CC[C@H](C)NC(=O)/C(=C\c1ccccc1O)NC(=O)c1ccccc1. The molecule has 5 nitrogen and oxygen atoms in total. The van der Waals surface area contributed by atoms with Gasteiger partial charge in [0.2, 0.25) is 0 Å². The van der Waals surface area contributed by atoms with Gasteiger partial charge in [0.15, 0.2) is 0 Å². The van der Waals surface area contributed by atoms with Crippen molar-refractivity contribution in [1.82, 2.24) is 10.6 Å². The zero-order valence-electron chi connectivity index (χ0n) is 14.3. The first kappa shape index (κ1) is 18.3. The molecule has 2 aromatic rings. The first-order valence-corrected chi connectivity index (χ1v) is 8.18. The highest BCUT2D eigenvalue weighted by Crippen LogP contribution is 2.18. The van der Waals surface area contributed by atoms with Crippen LogP contribution in [0.2, 0.25) is 0 Å². The van der Waals surface area contributed by atoms with Crippen molar-refractivity contribution >= 4 is 17.9 Å². The minimum absolute atomic E-state index is 0.0327. The predicted octanol–water partition coefficient (Wildman–Crippen LogP) is 3.08. The van der Waals surface area contributed by atoms with Crippen LogP contribution in [-0.2, 0) is 4.79 Å². The highest BCUT2D eigenvalue weighted by atomic mass is 16.3. The van der Waals surface area contributed by atoms with E-state index < -0.39 is 5.91 Å². The van der Waals surface area contributed by atoms with Crippen molar-refractivity contribution in [3.8, 4) is 5.75 Å². The fraction of sp³-hybridized carbons (Fsp3) is 0.200. The number of carbonyl (C=O) groups is 2. The van der Waals surface area contributed by atoms with Crippen LogP contribution in [0.4, 0.5) is 0 Å². The third kappa shape index (κ3) is 5.21. The number of aromatic hydroxyl groups is 1. The van der Waals surface area contributed by atoms with E-state index >= 15 is 0 Å². The van der Waals surface area contributed by atoms with Crippen molar-refractivity contribution in [2.75, 3.05) is 0 Å². The third-order valence-electron chi connectivity index (χ3n) is 3.76. The van der Waals surface area contributed by atoms with Crippen molar-refractivity contribution in [1.29, 1.82) is 0 Å². The molecule has 0 aliphatic carbocycles. The van der Waals surface area contributed by atoms with E-state index in [1.54, 1.807) is 42.5 Å². The van der Waals surface area contributed by atoms with Crippen LogP contribution in [0.1, 0.15) is 36.2 Å². The molecule has 0 saturated carbocycles. The maximum absolute atomic E-state index is 12.5. The number of benzene rings is 2. The van der Waals surface area contributed by atoms with E-state index in [2.05, 4.69) is 10.6 Å². The van der Waals surface area contributed by atoms with Gasteiger partial charge in [0.05, 0.1) is 0 Å². The molecule has 1 atom stereocenters. The summed E-state index contributed by atoms with van der Waals surface area (Å²) in [5.41, 5.74) is 0.975. The molecule has 0 radical (unpaired) electrons. The van der Waals surface area contributed by atoms with Crippen molar-refractivity contribution < 1.29 is 14.7 Å². The summed E-state index contributed by atoms with van der Waals surface area (Å²) in [5, 5.41) is 15.4. The van der Waals surface area contributed by atoms with Gasteiger partial charge in [-0.3, -0.25) is 9.59 Å². The Balaban J connectivity index is 2.30. The van der Waals surface area contributed by atoms with E-state index in [1.807, 2.05) is 19.9 Å². The summed E-state index contributed by atoms with van der Waals surface area (Å²) < 4.78 is 0. The van der Waals surface area contributed by atoms with E-state index in [-0.39, 0.29) is 23.4 Å². The van der Waals surface area contributed by atoms with Crippen LogP contribution in [0.5, 0.6) is 5.75 Å². The molecule has 0 fully saturated rings. The molecule has 3 N–H and O–H groups in total. The summed E-state index contributed by atoms with van der Waals surface area (Å²) in [7, 11) is 0. The Kier molecular flexibility index (Phi) is 6.34. The van der Waals surface area contributed by atoms with Crippen molar-refractivity contribution in [2.45, 2.75) is 26.3 Å². The monoisotopic (exact) mass is 338 g/mol. The molecule has 0 aromatic heterocycles. The van der Waals surface area contributed by atoms with Gasteiger partial charge in [0, 0.05) is 17.2 Å². The standard InChI is InChI=1S/C20H22N2O3/c1-3-14(2)21-20(25)17(13-16-11-7-8-12-18(16)23)22-19(24)15-9-5-4-6-10-15/h4-14,23H,3H2,1-2H3,(H,21,25)(H,22,24)/b17-13+/t14-/m0/s1. The number of nitrogens with one attached hydrogen (secondary N) is 2. The predicted molar refractivity (Wildman–Crippen MR) is 97.9 cm³/mol. The molecule has 0 aliphatic heterocycles. The van der Waals surface area contributed by atoms with Crippen molar-refractivity contribution in [3.63, 3.8) is 0 Å². The quantitative estimate of drug-likeness (QED) is 0.708. The Labute approximate surface area is 147 Å². The lowest BCUT2D eigenvalue weighted by Gasteiger charge is -2.15. The lowest BCUT2D eigenvalue weighted by atomic mass is 10.1. The average Bonchev–Trinajstić information content (AvgIpc) is 2.63. The molecular formula is C20H22N2O3. The van der Waals surface area contributed by atoms with Gasteiger partial charge in [-0.1, -0.05) is 43.3 Å². The fourth-order valence-corrected chi connectivity index (χ4v) is 2.11. The lowest BCUT2D eigenvalue weighted by Crippen LogP contribution is -2.38. The van der Waals surface area contributed by atoms with E-state index in [9.17, 15) is 14.7 Å². The Morgan fingerprint density at radius 1 is 1.08 bits per heavy atom. The number of hydrogen-bond donors (Lipinski definition) is 3. The molecule has 0 unspecified atom stereocenters. The zero-order chi connectivity index (χ0) is 18.2. The normalized spacial score (nSPS) is 12.3. The number of para-hydroxylation sites is 1. The van der Waals surface area contributed by atoms with Gasteiger partial charge in [0.1, 0.15) is 11.4 Å². The molecule has 25 heavy (non-hydrogen) atoms. The Morgan fingerprint density at radius 2 is 1.72 bits per heavy atom. The van der Waals surface area contributed by atoms with Gasteiger partial charge >= 0.3 is 0 Å². The number of hydrogen-bond acceptors (Lipinski definition) is 3. The smallest absolute Gasteiger partial charge is 0.268 e. The molecule has 2 aromatic carbocycles. The zero-order valence-corrected chi connectivity index (χ0v) is 14.3.